The Morgan fingerprint density at radius 1 is 1.23 bits per heavy atom. The van der Waals surface area contributed by atoms with Gasteiger partial charge < -0.3 is 15.3 Å². The van der Waals surface area contributed by atoms with Crippen molar-refractivity contribution in [2.24, 2.45) is 0 Å². The number of aliphatic hydroxyl groups excluding tert-OH is 1. The molecule has 0 bridgehead atoms. The van der Waals surface area contributed by atoms with Crippen LogP contribution >= 0.6 is 0 Å². The number of anilines is 1. The topological polar surface area (TPSA) is 76.4 Å². The third-order valence-electron chi connectivity index (χ3n) is 4.09. The third-order valence-corrected chi connectivity index (χ3v) is 4.09. The molecule has 0 saturated heterocycles. The molecule has 0 aliphatic carbocycles. The van der Waals surface area contributed by atoms with Gasteiger partial charge in [-0.1, -0.05) is 42.5 Å². The van der Waals surface area contributed by atoms with Crippen LogP contribution in [0.2, 0.25) is 0 Å². The number of benzene rings is 2. The number of rotatable bonds is 7. The molecule has 26 heavy (non-hydrogen) atoms. The van der Waals surface area contributed by atoms with Crippen LogP contribution in [-0.4, -0.2) is 31.2 Å². The Morgan fingerprint density at radius 3 is 2.46 bits per heavy atom. The van der Waals surface area contributed by atoms with Crippen LogP contribution in [0, 0.1) is 11.3 Å². The minimum atomic E-state index is -0.398. The van der Waals surface area contributed by atoms with Crippen molar-refractivity contribution in [2.45, 2.75) is 13.0 Å². The first-order valence-electron chi connectivity index (χ1n) is 8.45. The lowest BCUT2D eigenvalue weighted by molar-refractivity contribution is -0.117. The van der Waals surface area contributed by atoms with Crippen LogP contribution in [0.25, 0.3) is 6.08 Å². The largest absolute Gasteiger partial charge is 0.395 e. The van der Waals surface area contributed by atoms with Gasteiger partial charge in [-0.2, -0.15) is 5.26 Å². The minimum Gasteiger partial charge on any atom is -0.395 e. The molecule has 0 spiro atoms. The number of aliphatic hydroxyl groups is 1. The van der Waals surface area contributed by atoms with E-state index in [0.717, 1.165) is 16.8 Å². The normalized spacial score (nSPS) is 12.2. The molecule has 134 valence electrons. The molecule has 2 rings (SSSR count). The molecule has 0 fully saturated rings. The van der Waals surface area contributed by atoms with E-state index in [1.165, 1.54) is 0 Å². The van der Waals surface area contributed by atoms with E-state index in [0.29, 0.717) is 6.54 Å². The molecule has 5 heteroatoms. The Labute approximate surface area is 154 Å². The highest BCUT2D eigenvalue weighted by Gasteiger charge is 2.13. The van der Waals surface area contributed by atoms with Crippen molar-refractivity contribution in [3.05, 3.63) is 71.3 Å². The molecule has 2 N–H and O–H groups in total. The Morgan fingerprint density at radius 2 is 1.88 bits per heavy atom. The number of hydrogen-bond donors (Lipinski definition) is 2. The van der Waals surface area contributed by atoms with Crippen molar-refractivity contribution < 1.29 is 9.90 Å². The summed E-state index contributed by atoms with van der Waals surface area (Å²) in [6.07, 6.45) is 1.57. The molecule has 0 radical (unpaired) electrons. The van der Waals surface area contributed by atoms with E-state index in [1.54, 1.807) is 6.08 Å². The maximum atomic E-state index is 12.4. The predicted octanol–water partition coefficient (Wildman–Crippen LogP) is 2.90. The fourth-order valence-corrected chi connectivity index (χ4v) is 2.52. The molecule has 5 nitrogen and oxygen atoms in total. The summed E-state index contributed by atoms with van der Waals surface area (Å²) in [5, 5.41) is 21.2. The van der Waals surface area contributed by atoms with Gasteiger partial charge in [-0.3, -0.25) is 4.79 Å². The molecule has 0 aliphatic heterocycles. The van der Waals surface area contributed by atoms with Crippen molar-refractivity contribution in [1.29, 1.82) is 5.26 Å². The van der Waals surface area contributed by atoms with E-state index in [1.807, 2.05) is 79.5 Å². The maximum Gasteiger partial charge on any atom is 0.262 e. The van der Waals surface area contributed by atoms with Crippen molar-refractivity contribution in [3.63, 3.8) is 0 Å². The highest BCUT2D eigenvalue weighted by atomic mass is 16.3. The van der Waals surface area contributed by atoms with Gasteiger partial charge in [0.05, 0.1) is 12.6 Å². The maximum absolute atomic E-state index is 12.4. The third kappa shape index (κ3) is 5.20. The van der Waals surface area contributed by atoms with Crippen molar-refractivity contribution in [2.75, 3.05) is 25.1 Å². The van der Waals surface area contributed by atoms with Gasteiger partial charge in [0.15, 0.2) is 0 Å². The number of nitrogens with zero attached hydrogens (tertiary/aromatic N) is 2. The second-order valence-electron chi connectivity index (χ2n) is 6.01. The summed E-state index contributed by atoms with van der Waals surface area (Å²) in [5.41, 5.74) is 2.76. The minimum absolute atomic E-state index is 0.0595. The van der Waals surface area contributed by atoms with Gasteiger partial charge in [0.2, 0.25) is 0 Å². The molecule has 0 aromatic heterocycles. The zero-order chi connectivity index (χ0) is 18.9. The first-order chi connectivity index (χ1) is 12.5. The van der Waals surface area contributed by atoms with Gasteiger partial charge in [0.25, 0.3) is 5.91 Å². The number of carbonyl (C=O) groups is 1. The smallest absolute Gasteiger partial charge is 0.262 e. The van der Waals surface area contributed by atoms with Gasteiger partial charge in [0, 0.05) is 19.3 Å². The molecule has 2 aromatic carbocycles. The van der Waals surface area contributed by atoms with E-state index in [-0.39, 0.29) is 18.2 Å². The lowest BCUT2D eigenvalue weighted by Gasteiger charge is -2.17. The predicted molar refractivity (Wildman–Crippen MR) is 103 cm³/mol. The number of hydrogen-bond acceptors (Lipinski definition) is 4. The van der Waals surface area contributed by atoms with Crippen LogP contribution in [0.5, 0.6) is 0 Å². The van der Waals surface area contributed by atoms with Gasteiger partial charge in [0.1, 0.15) is 11.6 Å². The average molecular weight is 349 g/mol. The molecular weight excluding hydrogens is 326 g/mol. The highest BCUT2D eigenvalue weighted by Crippen LogP contribution is 2.16. The number of amides is 1. The van der Waals surface area contributed by atoms with Crippen molar-refractivity contribution in [3.8, 4) is 6.07 Å². The number of likely N-dealkylation sites (N-methyl/N-ethyl adjacent to an activating group) is 1. The summed E-state index contributed by atoms with van der Waals surface area (Å²) in [6.45, 7) is 2.50. The lowest BCUT2D eigenvalue weighted by Crippen LogP contribution is -2.27. The number of carbonyl (C=O) groups excluding carboxylic acids is 1. The van der Waals surface area contributed by atoms with Crippen LogP contribution in [0.1, 0.15) is 24.1 Å². The van der Waals surface area contributed by atoms with E-state index in [2.05, 4.69) is 5.32 Å². The van der Waals surface area contributed by atoms with E-state index in [4.69, 9.17) is 5.11 Å². The molecule has 2 aromatic rings. The van der Waals surface area contributed by atoms with Crippen LogP contribution in [-0.2, 0) is 4.79 Å². The Balaban J connectivity index is 2.09. The van der Waals surface area contributed by atoms with E-state index >= 15 is 0 Å². The summed E-state index contributed by atoms with van der Waals surface area (Å²) >= 11 is 0. The van der Waals surface area contributed by atoms with Crippen LogP contribution < -0.4 is 10.2 Å². The number of nitriles is 1. The lowest BCUT2D eigenvalue weighted by atomic mass is 10.1. The standard InChI is InChI=1S/C21H23N3O2/c1-16(18-6-4-3-5-7-18)23-21(26)19(15-22)14-17-8-10-20(11-9-17)24(2)12-13-25/h3-11,14,16,25H,12-13H2,1-2H3,(H,23,26)/b19-14+/t16-/m0/s1. The quantitative estimate of drug-likeness (QED) is 0.595. The Hall–Kier alpha value is -3.10. The highest BCUT2D eigenvalue weighted by molar-refractivity contribution is 6.01. The van der Waals surface area contributed by atoms with Crippen molar-refractivity contribution >= 4 is 17.7 Å². The van der Waals surface area contributed by atoms with Gasteiger partial charge in [-0.05, 0) is 36.3 Å². The van der Waals surface area contributed by atoms with E-state index in [9.17, 15) is 10.1 Å². The van der Waals surface area contributed by atoms with Gasteiger partial charge in [-0.15, -0.1) is 0 Å². The van der Waals surface area contributed by atoms with Gasteiger partial charge >= 0.3 is 0 Å². The SMILES string of the molecule is C[C@H](NC(=O)/C(C#N)=C/c1ccc(N(C)CCO)cc1)c1ccccc1. The van der Waals surface area contributed by atoms with Crippen LogP contribution in [0.4, 0.5) is 5.69 Å². The van der Waals surface area contributed by atoms with Gasteiger partial charge in [-0.25, -0.2) is 0 Å². The summed E-state index contributed by atoms with van der Waals surface area (Å²) in [7, 11) is 1.89. The molecule has 0 aliphatic rings. The zero-order valence-electron chi connectivity index (χ0n) is 15.0. The van der Waals surface area contributed by atoms with Crippen LogP contribution in [0.15, 0.2) is 60.2 Å². The first kappa shape index (κ1) is 19.2. The summed E-state index contributed by atoms with van der Waals surface area (Å²) in [5.74, 6) is -0.398. The van der Waals surface area contributed by atoms with Crippen LogP contribution in [0.3, 0.4) is 0 Å². The fourth-order valence-electron chi connectivity index (χ4n) is 2.52. The summed E-state index contributed by atoms with van der Waals surface area (Å²) in [6, 6.07) is 18.9. The second kappa shape index (κ2) is 9.40. The molecule has 0 saturated carbocycles. The Bertz CT molecular complexity index is 792. The monoisotopic (exact) mass is 349 g/mol. The molecule has 1 amide bonds. The van der Waals surface area contributed by atoms with E-state index < -0.39 is 5.91 Å². The summed E-state index contributed by atoms with van der Waals surface area (Å²) < 4.78 is 0. The molecule has 0 unspecified atom stereocenters. The average Bonchev–Trinajstić information content (AvgIpc) is 2.67. The second-order valence-corrected chi connectivity index (χ2v) is 6.01. The first-order valence-corrected chi connectivity index (χ1v) is 8.45. The molecule has 0 heterocycles. The fraction of sp³-hybridized carbons (Fsp3) is 0.238. The van der Waals surface area contributed by atoms with Crippen molar-refractivity contribution in [1.82, 2.24) is 5.32 Å². The summed E-state index contributed by atoms with van der Waals surface area (Å²) in [4.78, 5) is 14.3. The molecular formula is C21H23N3O2. The number of nitrogens with one attached hydrogen (secondary N) is 1. The Kier molecular flexibility index (Phi) is 6.95. The zero-order valence-corrected chi connectivity index (χ0v) is 15.0. The molecule has 1 atom stereocenters.